The normalized spacial score (nSPS) is 18.4. The van der Waals surface area contributed by atoms with Crippen LogP contribution in [0.25, 0.3) is 23.8 Å². The van der Waals surface area contributed by atoms with Gasteiger partial charge in [-0.1, -0.05) is 48.6 Å². The standard InChI is InChI=1S/C22H22O3/c1-24-14-25-20-13-11-16-7-3-5-9-18(16)22(20)21-17-8-4-2-6-15(17)10-12-19(21)23/h3,5-12,20,23H,2,4,13-14H2,1H3/t20-/m0/s1. The number of fused-ring (bicyclic) bond motifs is 2. The smallest absolute Gasteiger partial charge is 0.147 e. The summed E-state index contributed by atoms with van der Waals surface area (Å²) in [6, 6.07) is 12.1. The fourth-order valence-electron chi connectivity index (χ4n) is 3.81. The largest absolute Gasteiger partial charge is 0.507 e. The van der Waals surface area contributed by atoms with E-state index in [1.165, 1.54) is 10.4 Å². The van der Waals surface area contributed by atoms with Crippen LogP contribution >= 0.6 is 0 Å². The second kappa shape index (κ2) is 6.87. The Morgan fingerprint density at radius 2 is 1.84 bits per heavy atom. The Morgan fingerprint density at radius 3 is 2.72 bits per heavy atom. The molecule has 0 heterocycles. The number of hydrogen-bond donors (Lipinski definition) is 1. The molecule has 2 aromatic carbocycles. The Morgan fingerprint density at radius 1 is 1.00 bits per heavy atom. The zero-order valence-electron chi connectivity index (χ0n) is 14.4. The van der Waals surface area contributed by atoms with Crippen LogP contribution in [0.3, 0.4) is 0 Å². The predicted molar refractivity (Wildman–Crippen MR) is 99.6 cm³/mol. The molecule has 1 atom stereocenters. The minimum absolute atomic E-state index is 0.137. The summed E-state index contributed by atoms with van der Waals surface area (Å²) in [5.74, 6) is 0.308. The molecule has 128 valence electrons. The van der Waals surface area contributed by atoms with Crippen molar-refractivity contribution in [3.8, 4) is 5.75 Å². The topological polar surface area (TPSA) is 38.7 Å². The van der Waals surface area contributed by atoms with E-state index in [9.17, 15) is 5.11 Å². The van der Waals surface area contributed by atoms with Gasteiger partial charge in [-0.15, -0.1) is 0 Å². The highest BCUT2D eigenvalue weighted by atomic mass is 16.7. The van der Waals surface area contributed by atoms with E-state index in [2.05, 4.69) is 30.4 Å². The second-order valence-electron chi connectivity index (χ2n) is 6.45. The summed E-state index contributed by atoms with van der Waals surface area (Å²) in [5, 5.41) is 15.3. The molecule has 3 heteroatoms. The van der Waals surface area contributed by atoms with E-state index >= 15 is 0 Å². The molecular weight excluding hydrogens is 312 g/mol. The molecule has 4 rings (SSSR count). The van der Waals surface area contributed by atoms with Crippen molar-refractivity contribution in [2.24, 2.45) is 0 Å². The second-order valence-corrected chi connectivity index (χ2v) is 6.45. The highest BCUT2D eigenvalue weighted by Crippen LogP contribution is 2.26. The fraction of sp³-hybridized carbons (Fsp3) is 0.273. The van der Waals surface area contributed by atoms with Gasteiger partial charge in [-0.25, -0.2) is 0 Å². The third-order valence-corrected chi connectivity index (χ3v) is 4.92. The third-order valence-electron chi connectivity index (χ3n) is 4.92. The molecule has 0 aliphatic heterocycles. The lowest BCUT2D eigenvalue weighted by atomic mass is 9.88. The van der Waals surface area contributed by atoms with Crippen LogP contribution in [-0.2, 0) is 9.47 Å². The molecule has 0 spiro atoms. The molecule has 2 aliphatic rings. The van der Waals surface area contributed by atoms with Gasteiger partial charge in [0, 0.05) is 18.2 Å². The Hall–Kier alpha value is -2.36. The Kier molecular flexibility index (Phi) is 4.43. The van der Waals surface area contributed by atoms with Gasteiger partial charge >= 0.3 is 0 Å². The number of benzene rings is 2. The summed E-state index contributed by atoms with van der Waals surface area (Å²) in [5.41, 5.74) is 1.95. The molecule has 2 aromatic rings. The first-order chi connectivity index (χ1) is 12.3. The summed E-state index contributed by atoms with van der Waals surface area (Å²) < 4.78 is 11.1. The van der Waals surface area contributed by atoms with Crippen LogP contribution in [0.1, 0.15) is 24.8 Å². The first kappa shape index (κ1) is 16.1. The summed E-state index contributed by atoms with van der Waals surface area (Å²) >= 11 is 0. The van der Waals surface area contributed by atoms with Crippen molar-refractivity contribution in [3.63, 3.8) is 0 Å². The summed E-state index contributed by atoms with van der Waals surface area (Å²) in [7, 11) is 1.63. The van der Waals surface area contributed by atoms with E-state index < -0.39 is 0 Å². The van der Waals surface area contributed by atoms with Crippen molar-refractivity contribution in [2.75, 3.05) is 13.9 Å². The number of rotatable bonds is 4. The zero-order chi connectivity index (χ0) is 17.2. The molecule has 0 radical (unpaired) electrons. The maximum atomic E-state index is 10.7. The predicted octanol–water partition coefficient (Wildman–Crippen LogP) is 1.12. The molecule has 0 aromatic heterocycles. The van der Waals surface area contributed by atoms with Crippen LogP contribution in [0, 0.1) is 0 Å². The van der Waals surface area contributed by atoms with Crippen molar-refractivity contribution < 1.29 is 14.6 Å². The number of aromatic hydroxyl groups is 1. The van der Waals surface area contributed by atoms with Gasteiger partial charge in [0.15, 0.2) is 0 Å². The molecule has 25 heavy (non-hydrogen) atoms. The fourth-order valence-corrected chi connectivity index (χ4v) is 3.81. The SMILES string of the molecule is COCO[C@H]1CC=c2ccccc2=C1c1c(O)ccc2c1=CCCC=2. The monoisotopic (exact) mass is 334 g/mol. The molecule has 1 N–H and O–H groups in total. The molecular formula is C22H22O3. The van der Waals surface area contributed by atoms with Crippen LogP contribution < -0.4 is 20.9 Å². The average molecular weight is 334 g/mol. The van der Waals surface area contributed by atoms with E-state index in [0.29, 0.717) is 5.75 Å². The highest BCUT2D eigenvalue weighted by molar-refractivity contribution is 5.76. The highest BCUT2D eigenvalue weighted by Gasteiger charge is 2.23. The Bertz CT molecular complexity index is 1030. The van der Waals surface area contributed by atoms with Crippen LogP contribution in [-0.4, -0.2) is 25.1 Å². The van der Waals surface area contributed by atoms with Crippen molar-refractivity contribution in [1.82, 2.24) is 0 Å². The first-order valence-corrected chi connectivity index (χ1v) is 8.72. The quantitative estimate of drug-likeness (QED) is 0.852. The summed E-state index contributed by atoms with van der Waals surface area (Å²) in [6.07, 6.45) is 9.33. The van der Waals surface area contributed by atoms with E-state index in [1.54, 1.807) is 13.2 Å². The van der Waals surface area contributed by atoms with Gasteiger partial charge < -0.3 is 14.6 Å². The molecule has 0 unspecified atom stereocenters. The zero-order valence-corrected chi connectivity index (χ0v) is 14.4. The lowest BCUT2D eigenvalue weighted by Gasteiger charge is -2.24. The lowest BCUT2D eigenvalue weighted by Crippen LogP contribution is -2.40. The van der Waals surface area contributed by atoms with Gasteiger partial charge in [0.25, 0.3) is 0 Å². The molecule has 0 saturated carbocycles. The minimum Gasteiger partial charge on any atom is -0.507 e. The first-order valence-electron chi connectivity index (χ1n) is 8.72. The van der Waals surface area contributed by atoms with Crippen LogP contribution in [0.2, 0.25) is 0 Å². The summed E-state index contributed by atoms with van der Waals surface area (Å²) in [4.78, 5) is 0. The van der Waals surface area contributed by atoms with Crippen molar-refractivity contribution in [2.45, 2.75) is 25.4 Å². The third kappa shape index (κ3) is 2.90. The number of phenols is 1. The van der Waals surface area contributed by atoms with Gasteiger partial charge in [0.2, 0.25) is 0 Å². The molecule has 0 fully saturated rings. The van der Waals surface area contributed by atoms with Gasteiger partial charge in [-0.05, 0) is 46.2 Å². The molecule has 3 nitrogen and oxygen atoms in total. The summed E-state index contributed by atoms with van der Waals surface area (Å²) in [6.45, 7) is 0.232. The van der Waals surface area contributed by atoms with Gasteiger partial charge in [-0.3, -0.25) is 0 Å². The molecule has 0 saturated heterocycles. The van der Waals surface area contributed by atoms with E-state index in [1.807, 2.05) is 18.2 Å². The van der Waals surface area contributed by atoms with Crippen LogP contribution in [0.4, 0.5) is 0 Å². The molecule has 2 aliphatic carbocycles. The van der Waals surface area contributed by atoms with Crippen molar-refractivity contribution in [3.05, 3.63) is 62.8 Å². The number of phenolic OH excluding ortho intramolecular Hbond substituents is 1. The van der Waals surface area contributed by atoms with Gasteiger partial charge in [-0.2, -0.15) is 0 Å². The maximum absolute atomic E-state index is 10.7. The maximum Gasteiger partial charge on any atom is 0.147 e. The minimum atomic E-state index is -0.137. The van der Waals surface area contributed by atoms with Gasteiger partial charge in [0.1, 0.15) is 12.5 Å². The Balaban J connectivity index is 2.07. The van der Waals surface area contributed by atoms with E-state index in [-0.39, 0.29) is 12.9 Å². The molecule has 0 amide bonds. The lowest BCUT2D eigenvalue weighted by molar-refractivity contribution is -0.0504. The number of ether oxygens (including phenoxy) is 2. The average Bonchev–Trinajstić information content (AvgIpc) is 2.66. The number of hydrogen-bond acceptors (Lipinski definition) is 3. The number of methoxy groups -OCH3 is 1. The van der Waals surface area contributed by atoms with Crippen molar-refractivity contribution in [1.29, 1.82) is 0 Å². The Labute approximate surface area is 146 Å². The van der Waals surface area contributed by atoms with Gasteiger partial charge in [0.05, 0.1) is 6.10 Å². The van der Waals surface area contributed by atoms with Crippen LogP contribution in [0.5, 0.6) is 5.75 Å². The van der Waals surface area contributed by atoms with E-state index in [4.69, 9.17) is 9.47 Å². The van der Waals surface area contributed by atoms with Crippen molar-refractivity contribution >= 4 is 23.8 Å². The van der Waals surface area contributed by atoms with E-state index in [0.717, 1.165) is 40.8 Å². The molecule has 0 bridgehead atoms. The van der Waals surface area contributed by atoms with Crippen LogP contribution in [0.15, 0.2) is 36.4 Å².